The standard InChI is InChI=1S/C14H24N2O2S3/c1-11(2)15-8-13-7-14(20-10-13)21(17,18)16-9-12-3-5-19-6-4-12/h7,10-12,15-16H,3-6,8-9H2,1-2H3. The van der Waals surface area contributed by atoms with Crippen LogP contribution in [0.15, 0.2) is 15.7 Å². The molecule has 1 aromatic heterocycles. The van der Waals surface area contributed by atoms with Gasteiger partial charge in [0.2, 0.25) is 10.0 Å². The monoisotopic (exact) mass is 348 g/mol. The molecule has 0 unspecified atom stereocenters. The highest BCUT2D eigenvalue weighted by atomic mass is 32.2. The van der Waals surface area contributed by atoms with E-state index >= 15 is 0 Å². The van der Waals surface area contributed by atoms with Crippen molar-refractivity contribution in [1.29, 1.82) is 0 Å². The molecule has 1 aliphatic heterocycles. The van der Waals surface area contributed by atoms with Crippen molar-refractivity contribution in [2.75, 3.05) is 18.1 Å². The molecule has 1 fully saturated rings. The summed E-state index contributed by atoms with van der Waals surface area (Å²) < 4.78 is 27.8. The van der Waals surface area contributed by atoms with Crippen LogP contribution in [0.2, 0.25) is 0 Å². The van der Waals surface area contributed by atoms with Gasteiger partial charge in [0, 0.05) is 19.1 Å². The topological polar surface area (TPSA) is 58.2 Å². The molecule has 0 bridgehead atoms. The van der Waals surface area contributed by atoms with Crippen LogP contribution < -0.4 is 10.0 Å². The third-order valence-corrected chi connectivity index (χ3v) is 7.47. The molecule has 0 aliphatic carbocycles. The number of nitrogens with one attached hydrogen (secondary N) is 2. The molecule has 0 aromatic carbocycles. The van der Waals surface area contributed by atoms with Crippen LogP contribution in [0.1, 0.15) is 32.3 Å². The molecule has 2 heterocycles. The van der Waals surface area contributed by atoms with Crippen molar-refractivity contribution in [3.05, 3.63) is 17.0 Å². The molecule has 0 spiro atoms. The van der Waals surface area contributed by atoms with Gasteiger partial charge in [0.1, 0.15) is 4.21 Å². The SMILES string of the molecule is CC(C)NCc1csc(S(=O)(=O)NCC2CCSCC2)c1. The number of thiophene rings is 1. The molecule has 21 heavy (non-hydrogen) atoms. The van der Waals surface area contributed by atoms with Gasteiger partial charge in [-0.25, -0.2) is 13.1 Å². The Morgan fingerprint density at radius 2 is 2.05 bits per heavy atom. The minimum atomic E-state index is -3.34. The van der Waals surface area contributed by atoms with Gasteiger partial charge in [-0.05, 0) is 47.3 Å². The summed E-state index contributed by atoms with van der Waals surface area (Å²) >= 11 is 3.26. The van der Waals surface area contributed by atoms with Crippen LogP contribution in [0, 0.1) is 5.92 Å². The first-order chi connectivity index (χ1) is 9.97. The van der Waals surface area contributed by atoms with E-state index in [-0.39, 0.29) is 0 Å². The van der Waals surface area contributed by atoms with Crippen molar-refractivity contribution < 1.29 is 8.42 Å². The van der Waals surface area contributed by atoms with E-state index in [1.54, 1.807) is 6.07 Å². The fourth-order valence-corrected chi connectivity index (χ4v) is 5.73. The zero-order valence-electron chi connectivity index (χ0n) is 12.6. The minimum Gasteiger partial charge on any atom is -0.310 e. The minimum absolute atomic E-state index is 0.396. The maximum Gasteiger partial charge on any atom is 0.250 e. The molecule has 7 heteroatoms. The highest BCUT2D eigenvalue weighted by Crippen LogP contribution is 2.24. The maximum absolute atomic E-state index is 12.3. The van der Waals surface area contributed by atoms with Crippen molar-refractivity contribution in [2.45, 2.75) is 43.5 Å². The van der Waals surface area contributed by atoms with Crippen LogP contribution in [0.3, 0.4) is 0 Å². The number of rotatable bonds is 7. The van der Waals surface area contributed by atoms with Crippen LogP contribution in [0.5, 0.6) is 0 Å². The van der Waals surface area contributed by atoms with Gasteiger partial charge in [-0.3, -0.25) is 0 Å². The zero-order valence-corrected chi connectivity index (χ0v) is 15.0. The lowest BCUT2D eigenvalue weighted by Crippen LogP contribution is -2.30. The molecule has 4 nitrogen and oxygen atoms in total. The highest BCUT2D eigenvalue weighted by molar-refractivity contribution is 7.99. The molecule has 1 aliphatic rings. The summed E-state index contributed by atoms with van der Waals surface area (Å²) in [6, 6.07) is 2.17. The summed E-state index contributed by atoms with van der Waals surface area (Å²) in [7, 11) is -3.34. The first kappa shape index (κ1) is 17.3. The van der Waals surface area contributed by atoms with Gasteiger partial charge in [0.15, 0.2) is 0 Å². The Morgan fingerprint density at radius 1 is 1.33 bits per heavy atom. The van der Waals surface area contributed by atoms with E-state index in [1.807, 2.05) is 17.1 Å². The predicted octanol–water partition coefficient (Wildman–Crippen LogP) is 2.67. The second kappa shape index (κ2) is 7.97. The fraction of sp³-hybridized carbons (Fsp3) is 0.714. The predicted molar refractivity (Wildman–Crippen MR) is 91.5 cm³/mol. The van der Waals surface area contributed by atoms with Crippen LogP contribution in [0.4, 0.5) is 0 Å². The van der Waals surface area contributed by atoms with Crippen molar-refractivity contribution in [3.8, 4) is 0 Å². The quantitative estimate of drug-likeness (QED) is 0.795. The van der Waals surface area contributed by atoms with E-state index in [9.17, 15) is 8.42 Å². The molecule has 120 valence electrons. The van der Waals surface area contributed by atoms with Crippen molar-refractivity contribution in [1.82, 2.24) is 10.0 Å². The Hall–Kier alpha value is -0.0800. The average molecular weight is 349 g/mol. The second-order valence-corrected chi connectivity index (χ2v) is 9.85. The van der Waals surface area contributed by atoms with Crippen LogP contribution in [-0.2, 0) is 16.6 Å². The van der Waals surface area contributed by atoms with Gasteiger partial charge in [0.05, 0.1) is 0 Å². The van der Waals surface area contributed by atoms with Crippen LogP contribution in [-0.4, -0.2) is 32.5 Å². The van der Waals surface area contributed by atoms with Gasteiger partial charge < -0.3 is 5.32 Å². The molecular formula is C14H24N2O2S3. The molecule has 0 amide bonds. The lowest BCUT2D eigenvalue weighted by Gasteiger charge is -2.21. The Kier molecular flexibility index (Phi) is 6.55. The smallest absolute Gasteiger partial charge is 0.250 e. The van der Waals surface area contributed by atoms with Crippen molar-refractivity contribution >= 4 is 33.1 Å². The highest BCUT2D eigenvalue weighted by Gasteiger charge is 2.20. The molecule has 2 rings (SSSR count). The zero-order chi connectivity index (χ0) is 15.3. The summed E-state index contributed by atoms with van der Waals surface area (Å²) in [5, 5.41) is 5.22. The van der Waals surface area contributed by atoms with E-state index < -0.39 is 10.0 Å². The van der Waals surface area contributed by atoms with Crippen molar-refractivity contribution in [2.24, 2.45) is 5.92 Å². The average Bonchev–Trinajstić information content (AvgIpc) is 2.94. The molecular weight excluding hydrogens is 324 g/mol. The van der Waals surface area contributed by atoms with Crippen LogP contribution in [0.25, 0.3) is 0 Å². The van der Waals surface area contributed by atoms with Crippen molar-refractivity contribution in [3.63, 3.8) is 0 Å². The van der Waals surface area contributed by atoms with Gasteiger partial charge in [0.25, 0.3) is 0 Å². The van der Waals surface area contributed by atoms with E-state index in [2.05, 4.69) is 23.9 Å². The summed E-state index contributed by atoms with van der Waals surface area (Å²) in [6.45, 7) is 5.44. The van der Waals surface area contributed by atoms with Gasteiger partial charge >= 0.3 is 0 Å². The van der Waals surface area contributed by atoms with E-state index in [0.29, 0.717) is 29.3 Å². The Balaban J connectivity index is 1.89. The molecule has 0 saturated carbocycles. The number of thioether (sulfide) groups is 1. The normalized spacial score (nSPS) is 17.5. The summed E-state index contributed by atoms with van der Waals surface area (Å²) in [5.41, 5.74) is 1.03. The van der Waals surface area contributed by atoms with Gasteiger partial charge in [-0.15, -0.1) is 11.3 Å². The lowest BCUT2D eigenvalue weighted by atomic mass is 10.0. The Morgan fingerprint density at radius 3 is 2.71 bits per heavy atom. The van der Waals surface area contributed by atoms with E-state index in [1.165, 1.54) is 11.3 Å². The molecule has 2 N–H and O–H groups in total. The summed E-state index contributed by atoms with van der Waals surface area (Å²) in [6.07, 6.45) is 2.22. The number of hydrogen-bond acceptors (Lipinski definition) is 5. The van der Waals surface area contributed by atoms with E-state index in [0.717, 1.165) is 29.9 Å². The first-order valence-corrected chi connectivity index (χ1v) is 10.9. The fourth-order valence-electron chi connectivity index (χ4n) is 2.16. The Labute approximate surface area is 136 Å². The largest absolute Gasteiger partial charge is 0.310 e. The van der Waals surface area contributed by atoms with Gasteiger partial charge in [-0.1, -0.05) is 13.8 Å². The van der Waals surface area contributed by atoms with E-state index in [4.69, 9.17) is 0 Å². The first-order valence-electron chi connectivity index (χ1n) is 7.35. The molecule has 0 radical (unpaired) electrons. The Bertz CT molecular complexity index is 534. The third-order valence-electron chi connectivity index (χ3n) is 3.51. The number of hydrogen-bond donors (Lipinski definition) is 2. The second-order valence-electron chi connectivity index (χ2n) is 5.72. The van der Waals surface area contributed by atoms with Crippen LogP contribution >= 0.6 is 23.1 Å². The molecule has 0 atom stereocenters. The summed E-state index contributed by atoms with van der Waals surface area (Å²) in [4.78, 5) is 0. The third kappa shape index (κ3) is 5.56. The molecule has 1 aromatic rings. The summed E-state index contributed by atoms with van der Waals surface area (Å²) in [5.74, 6) is 2.79. The maximum atomic E-state index is 12.3. The van der Waals surface area contributed by atoms with Gasteiger partial charge in [-0.2, -0.15) is 11.8 Å². The number of sulfonamides is 1. The molecule has 1 saturated heterocycles. The lowest BCUT2D eigenvalue weighted by molar-refractivity contribution is 0.477.